The fraction of sp³-hybridized carbons (Fsp3) is 0.167. The van der Waals surface area contributed by atoms with E-state index < -0.39 is 0 Å². The molecule has 0 aliphatic rings. The highest BCUT2D eigenvalue weighted by Gasteiger charge is 2.09. The molecule has 0 aliphatic heterocycles. The van der Waals surface area contributed by atoms with Gasteiger partial charge in [0.1, 0.15) is 6.29 Å². The van der Waals surface area contributed by atoms with Crippen LogP contribution in [0.25, 0.3) is 6.08 Å². The van der Waals surface area contributed by atoms with Crippen molar-refractivity contribution >= 4 is 18.3 Å². The number of allylic oxidation sites excluding steroid dienone is 1. The third-order valence-corrected chi connectivity index (χ3v) is 2.14. The Kier molecular flexibility index (Phi) is 3.80. The van der Waals surface area contributed by atoms with Crippen molar-refractivity contribution in [3.63, 3.8) is 0 Å². The fourth-order valence-corrected chi connectivity index (χ4v) is 1.31. The minimum Gasteiger partial charge on any atom is -0.465 e. The van der Waals surface area contributed by atoms with E-state index in [0.717, 1.165) is 11.1 Å². The van der Waals surface area contributed by atoms with Crippen LogP contribution in [-0.2, 0) is 9.53 Å². The SMILES string of the molecule is COC(=O)c1cccc(C=CC=O)c1C. The van der Waals surface area contributed by atoms with Crippen molar-refractivity contribution in [3.05, 3.63) is 41.0 Å². The second-order valence-corrected chi connectivity index (χ2v) is 3.01. The van der Waals surface area contributed by atoms with E-state index in [2.05, 4.69) is 4.74 Å². The largest absolute Gasteiger partial charge is 0.465 e. The maximum atomic E-state index is 11.3. The van der Waals surface area contributed by atoms with Gasteiger partial charge in [-0.05, 0) is 30.2 Å². The van der Waals surface area contributed by atoms with Gasteiger partial charge < -0.3 is 4.74 Å². The lowest BCUT2D eigenvalue weighted by molar-refractivity contribution is -0.104. The number of esters is 1. The van der Waals surface area contributed by atoms with Crippen LogP contribution in [-0.4, -0.2) is 19.4 Å². The monoisotopic (exact) mass is 204 g/mol. The van der Waals surface area contributed by atoms with E-state index in [1.165, 1.54) is 13.2 Å². The van der Waals surface area contributed by atoms with E-state index in [0.29, 0.717) is 11.8 Å². The average molecular weight is 204 g/mol. The number of benzene rings is 1. The van der Waals surface area contributed by atoms with Crippen LogP contribution < -0.4 is 0 Å². The number of carbonyl (C=O) groups is 2. The molecule has 0 unspecified atom stereocenters. The third-order valence-electron chi connectivity index (χ3n) is 2.14. The number of hydrogen-bond acceptors (Lipinski definition) is 3. The average Bonchev–Trinajstić information content (AvgIpc) is 2.27. The van der Waals surface area contributed by atoms with Gasteiger partial charge in [0, 0.05) is 0 Å². The van der Waals surface area contributed by atoms with Gasteiger partial charge in [-0.15, -0.1) is 0 Å². The summed E-state index contributed by atoms with van der Waals surface area (Å²) in [7, 11) is 1.34. The molecule has 0 saturated carbocycles. The van der Waals surface area contributed by atoms with Gasteiger partial charge in [-0.3, -0.25) is 4.79 Å². The number of ether oxygens (including phenoxy) is 1. The first-order valence-electron chi connectivity index (χ1n) is 4.50. The molecule has 0 amide bonds. The van der Waals surface area contributed by atoms with Gasteiger partial charge in [-0.2, -0.15) is 0 Å². The zero-order chi connectivity index (χ0) is 11.3. The minimum absolute atomic E-state index is 0.367. The number of methoxy groups -OCH3 is 1. The molecule has 0 atom stereocenters. The molecule has 3 heteroatoms. The highest BCUT2D eigenvalue weighted by molar-refractivity contribution is 5.92. The van der Waals surface area contributed by atoms with Crippen LogP contribution in [0.1, 0.15) is 21.5 Å². The maximum absolute atomic E-state index is 11.3. The number of aldehydes is 1. The van der Waals surface area contributed by atoms with Crippen molar-refractivity contribution in [1.29, 1.82) is 0 Å². The highest BCUT2D eigenvalue weighted by atomic mass is 16.5. The Morgan fingerprint density at radius 1 is 1.40 bits per heavy atom. The molecule has 0 saturated heterocycles. The number of hydrogen-bond donors (Lipinski definition) is 0. The van der Waals surface area contributed by atoms with Gasteiger partial charge >= 0.3 is 5.97 Å². The predicted molar refractivity (Wildman–Crippen MR) is 57.6 cm³/mol. The summed E-state index contributed by atoms with van der Waals surface area (Å²) in [5.74, 6) is -0.367. The van der Waals surface area contributed by atoms with E-state index in [4.69, 9.17) is 0 Å². The van der Waals surface area contributed by atoms with Gasteiger partial charge in [0.25, 0.3) is 0 Å². The van der Waals surface area contributed by atoms with E-state index >= 15 is 0 Å². The van der Waals surface area contributed by atoms with E-state index in [1.54, 1.807) is 18.2 Å². The standard InChI is InChI=1S/C12H12O3/c1-9-10(6-4-8-13)5-3-7-11(9)12(14)15-2/h3-8H,1-2H3. The van der Waals surface area contributed by atoms with Crippen molar-refractivity contribution in [1.82, 2.24) is 0 Å². The van der Waals surface area contributed by atoms with Gasteiger partial charge in [-0.1, -0.05) is 18.2 Å². The van der Waals surface area contributed by atoms with Crippen LogP contribution in [0.5, 0.6) is 0 Å². The van der Waals surface area contributed by atoms with Crippen LogP contribution in [0.2, 0.25) is 0 Å². The molecule has 0 spiro atoms. The quantitative estimate of drug-likeness (QED) is 0.429. The summed E-state index contributed by atoms with van der Waals surface area (Å²) in [5, 5.41) is 0. The zero-order valence-corrected chi connectivity index (χ0v) is 8.69. The summed E-state index contributed by atoms with van der Waals surface area (Å²) in [6, 6.07) is 5.28. The van der Waals surface area contributed by atoms with Gasteiger partial charge in [0.2, 0.25) is 0 Å². The Bertz CT molecular complexity index is 405. The molecule has 0 radical (unpaired) electrons. The summed E-state index contributed by atoms with van der Waals surface area (Å²) in [6.07, 6.45) is 3.75. The molecule has 3 nitrogen and oxygen atoms in total. The second-order valence-electron chi connectivity index (χ2n) is 3.01. The summed E-state index contributed by atoms with van der Waals surface area (Å²) in [5.41, 5.74) is 2.16. The molecule has 1 rings (SSSR count). The molecular formula is C12H12O3. The van der Waals surface area contributed by atoms with E-state index in [9.17, 15) is 9.59 Å². The summed E-state index contributed by atoms with van der Waals surface area (Å²) in [4.78, 5) is 21.5. The lowest BCUT2D eigenvalue weighted by atomic mass is 10.0. The van der Waals surface area contributed by atoms with Gasteiger partial charge in [0.15, 0.2) is 0 Å². The molecule has 0 heterocycles. The molecule has 15 heavy (non-hydrogen) atoms. The molecular weight excluding hydrogens is 192 g/mol. The van der Waals surface area contributed by atoms with Crippen LogP contribution >= 0.6 is 0 Å². The lowest BCUT2D eigenvalue weighted by Crippen LogP contribution is -2.04. The molecule has 78 valence electrons. The topological polar surface area (TPSA) is 43.4 Å². The minimum atomic E-state index is -0.367. The zero-order valence-electron chi connectivity index (χ0n) is 8.69. The summed E-state index contributed by atoms with van der Waals surface area (Å²) >= 11 is 0. The van der Waals surface area contributed by atoms with Gasteiger partial charge in [0.05, 0.1) is 12.7 Å². The fourth-order valence-electron chi connectivity index (χ4n) is 1.31. The van der Waals surface area contributed by atoms with Crippen molar-refractivity contribution in [3.8, 4) is 0 Å². The Morgan fingerprint density at radius 3 is 2.73 bits per heavy atom. The molecule has 1 aromatic rings. The molecule has 0 aliphatic carbocycles. The van der Waals surface area contributed by atoms with Gasteiger partial charge in [-0.25, -0.2) is 4.79 Å². The number of carbonyl (C=O) groups excluding carboxylic acids is 2. The van der Waals surface area contributed by atoms with E-state index in [1.807, 2.05) is 13.0 Å². The first-order valence-corrected chi connectivity index (χ1v) is 4.50. The number of rotatable bonds is 3. The second kappa shape index (κ2) is 5.10. The smallest absolute Gasteiger partial charge is 0.338 e. The summed E-state index contributed by atoms with van der Waals surface area (Å²) < 4.78 is 4.64. The lowest BCUT2D eigenvalue weighted by Gasteiger charge is -2.06. The molecule has 0 bridgehead atoms. The highest BCUT2D eigenvalue weighted by Crippen LogP contribution is 2.15. The van der Waals surface area contributed by atoms with Crippen molar-refractivity contribution in [2.75, 3.05) is 7.11 Å². The van der Waals surface area contributed by atoms with Crippen LogP contribution in [0.15, 0.2) is 24.3 Å². The Hall–Kier alpha value is -1.90. The Labute approximate surface area is 88.4 Å². The van der Waals surface area contributed by atoms with Crippen molar-refractivity contribution in [2.45, 2.75) is 6.92 Å². The van der Waals surface area contributed by atoms with Crippen molar-refractivity contribution in [2.24, 2.45) is 0 Å². The molecule has 1 aromatic carbocycles. The Balaban J connectivity index is 3.16. The summed E-state index contributed by atoms with van der Waals surface area (Å²) in [6.45, 7) is 1.82. The van der Waals surface area contributed by atoms with Crippen LogP contribution in [0, 0.1) is 6.92 Å². The first-order chi connectivity index (χ1) is 7.20. The van der Waals surface area contributed by atoms with Crippen LogP contribution in [0.4, 0.5) is 0 Å². The van der Waals surface area contributed by atoms with Crippen LogP contribution in [0.3, 0.4) is 0 Å². The first kappa shape index (κ1) is 11.2. The predicted octanol–water partition coefficient (Wildman–Crippen LogP) is 1.99. The molecule has 0 aromatic heterocycles. The Morgan fingerprint density at radius 2 is 2.13 bits per heavy atom. The molecule has 0 N–H and O–H groups in total. The van der Waals surface area contributed by atoms with Crippen molar-refractivity contribution < 1.29 is 14.3 Å². The maximum Gasteiger partial charge on any atom is 0.338 e. The van der Waals surface area contributed by atoms with E-state index in [-0.39, 0.29) is 5.97 Å². The normalized spacial score (nSPS) is 10.3. The third kappa shape index (κ3) is 2.53. The molecule has 0 fully saturated rings.